The summed E-state index contributed by atoms with van der Waals surface area (Å²) in [5.41, 5.74) is 1.80. The second-order valence-electron chi connectivity index (χ2n) is 10.5. The van der Waals surface area contributed by atoms with Gasteiger partial charge in [0.25, 0.3) is 10.1 Å². The zero-order valence-corrected chi connectivity index (χ0v) is 24.1. The van der Waals surface area contributed by atoms with E-state index in [1.807, 2.05) is 10.6 Å². The molecule has 1 amide bonds. The minimum atomic E-state index is -3.70. The minimum Gasteiger partial charge on any atom is -0.444 e. The summed E-state index contributed by atoms with van der Waals surface area (Å²) in [5.74, 6) is 1.48. The fourth-order valence-corrected chi connectivity index (χ4v) is 5.07. The molecule has 0 atom stereocenters. The smallest absolute Gasteiger partial charge is 0.408 e. The fraction of sp³-hybridized carbons (Fsp3) is 0.444. The highest BCUT2D eigenvalue weighted by atomic mass is 35.5. The molecule has 0 radical (unpaired) electrons. The maximum atomic E-state index is 12.4. The Morgan fingerprint density at radius 3 is 2.44 bits per heavy atom. The van der Waals surface area contributed by atoms with Gasteiger partial charge in [-0.1, -0.05) is 41.9 Å². The normalized spacial score (nSPS) is 14.8. The van der Waals surface area contributed by atoms with Gasteiger partial charge in [-0.15, -0.1) is 10.2 Å². The van der Waals surface area contributed by atoms with Crippen molar-refractivity contribution in [1.82, 2.24) is 20.1 Å². The molecule has 2 aromatic carbocycles. The van der Waals surface area contributed by atoms with Gasteiger partial charge in [0.1, 0.15) is 5.60 Å². The van der Waals surface area contributed by atoms with E-state index in [2.05, 4.69) is 44.7 Å². The molecule has 1 fully saturated rings. The van der Waals surface area contributed by atoms with Gasteiger partial charge in [-0.3, -0.25) is 8.75 Å². The second kappa shape index (κ2) is 11.9. The number of piperidine rings is 1. The predicted molar refractivity (Wildman–Crippen MR) is 150 cm³/mol. The Morgan fingerprint density at radius 2 is 1.79 bits per heavy atom. The minimum absolute atomic E-state index is 0.0391. The molecular formula is C27H34ClN5O5S. The number of nitrogens with zero attached hydrogens (tertiary/aromatic N) is 4. The van der Waals surface area contributed by atoms with Crippen LogP contribution >= 0.6 is 11.6 Å². The number of nitrogens with one attached hydrogen (secondary N) is 1. The number of ether oxygens (including phenoxy) is 1. The van der Waals surface area contributed by atoms with Crippen molar-refractivity contribution < 1.29 is 22.1 Å². The average molecular weight is 576 g/mol. The van der Waals surface area contributed by atoms with Gasteiger partial charge in [0.2, 0.25) is 5.95 Å². The quantitative estimate of drug-likeness (QED) is 0.381. The highest BCUT2D eigenvalue weighted by Gasteiger charge is 2.27. The summed E-state index contributed by atoms with van der Waals surface area (Å²) in [7, 11) is -3.70. The van der Waals surface area contributed by atoms with E-state index in [-0.39, 0.29) is 13.2 Å². The Hall–Kier alpha value is -3.15. The molecule has 3 aromatic rings. The van der Waals surface area contributed by atoms with Crippen molar-refractivity contribution in [2.45, 2.75) is 58.3 Å². The third-order valence-corrected chi connectivity index (χ3v) is 7.04. The lowest BCUT2D eigenvalue weighted by molar-refractivity contribution is 0.0522. The Kier molecular flexibility index (Phi) is 8.83. The van der Waals surface area contributed by atoms with Crippen molar-refractivity contribution in [3.8, 4) is 5.69 Å². The first kappa shape index (κ1) is 28.8. The molecule has 4 rings (SSSR count). The second-order valence-corrected chi connectivity index (χ2v) is 12.6. The molecule has 1 aliphatic rings. The number of alkyl carbamates (subject to hydrolysis) is 1. The third-order valence-electron chi connectivity index (χ3n) is 6.26. The standard InChI is InChI=1S/C27H34ClN5O5S/c1-27(2,3)38-26(34)29-17-24-30-31-25(32-14-12-20(13-15-32)19-8-6-5-7-9-19)33(24)23-11-10-22(28)16-21(23)18-37-39(4,35)36/h5-11,16,20H,12-15,17-18H2,1-4H3,(H,29,34). The van der Waals surface area contributed by atoms with Crippen molar-refractivity contribution in [2.75, 3.05) is 24.2 Å². The monoisotopic (exact) mass is 575 g/mol. The lowest BCUT2D eigenvalue weighted by Gasteiger charge is -2.33. The molecule has 10 nitrogen and oxygen atoms in total. The molecule has 1 aromatic heterocycles. The van der Waals surface area contributed by atoms with E-state index in [4.69, 9.17) is 20.5 Å². The summed E-state index contributed by atoms with van der Waals surface area (Å²) in [4.78, 5) is 14.5. The zero-order valence-electron chi connectivity index (χ0n) is 22.6. The van der Waals surface area contributed by atoms with Crippen LogP contribution in [0, 0.1) is 0 Å². The van der Waals surface area contributed by atoms with Crippen LogP contribution in [0.15, 0.2) is 48.5 Å². The van der Waals surface area contributed by atoms with E-state index in [0.717, 1.165) is 32.2 Å². The number of aromatic nitrogens is 3. The van der Waals surface area contributed by atoms with Gasteiger partial charge < -0.3 is 15.0 Å². The van der Waals surface area contributed by atoms with Crippen molar-refractivity contribution in [3.05, 3.63) is 70.5 Å². The molecule has 2 heterocycles. The molecular weight excluding hydrogens is 542 g/mol. The number of hydrogen-bond donors (Lipinski definition) is 1. The molecule has 0 bridgehead atoms. The highest BCUT2D eigenvalue weighted by molar-refractivity contribution is 7.85. The number of carbonyl (C=O) groups is 1. The summed E-state index contributed by atoms with van der Waals surface area (Å²) in [5, 5.41) is 12.1. The Labute approximate surface area is 234 Å². The fourth-order valence-electron chi connectivity index (χ4n) is 4.53. The SMILES string of the molecule is CC(C)(C)OC(=O)NCc1nnc(N2CCC(c3ccccc3)CC2)n1-c1ccc(Cl)cc1COS(C)(=O)=O. The maximum Gasteiger partial charge on any atom is 0.408 e. The largest absolute Gasteiger partial charge is 0.444 e. The summed E-state index contributed by atoms with van der Waals surface area (Å²) >= 11 is 6.27. The summed E-state index contributed by atoms with van der Waals surface area (Å²) in [6, 6.07) is 15.6. The van der Waals surface area contributed by atoms with Crippen LogP contribution in [0.4, 0.5) is 10.7 Å². The molecule has 0 unspecified atom stereocenters. The van der Waals surface area contributed by atoms with E-state index in [1.165, 1.54) is 5.56 Å². The van der Waals surface area contributed by atoms with Crippen LogP contribution in [-0.2, 0) is 32.2 Å². The average Bonchev–Trinajstić information content (AvgIpc) is 3.29. The number of halogens is 1. The first-order chi connectivity index (χ1) is 18.4. The van der Waals surface area contributed by atoms with Gasteiger partial charge in [0.15, 0.2) is 5.82 Å². The third kappa shape index (κ3) is 7.93. The first-order valence-electron chi connectivity index (χ1n) is 12.7. The van der Waals surface area contributed by atoms with Crippen molar-refractivity contribution >= 4 is 33.8 Å². The summed E-state index contributed by atoms with van der Waals surface area (Å²) in [6.07, 6.45) is 2.29. The van der Waals surface area contributed by atoms with Crippen LogP contribution in [0.25, 0.3) is 5.69 Å². The Bertz CT molecular complexity index is 1400. The molecule has 1 aliphatic heterocycles. The van der Waals surface area contributed by atoms with Crippen LogP contribution in [0.5, 0.6) is 0 Å². The molecule has 0 spiro atoms. The molecule has 1 N–H and O–H groups in total. The van der Waals surface area contributed by atoms with E-state index in [0.29, 0.717) is 34.0 Å². The van der Waals surface area contributed by atoms with Gasteiger partial charge in [-0.2, -0.15) is 8.42 Å². The number of rotatable bonds is 8. The van der Waals surface area contributed by atoms with E-state index < -0.39 is 21.8 Å². The number of carbonyl (C=O) groups excluding carboxylic acids is 1. The molecule has 12 heteroatoms. The topological polar surface area (TPSA) is 116 Å². The van der Waals surface area contributed by atoms with Gasteiger partial charge in [-0.05, 0) is 63.3 Å². The number of amides is 1. The predicted octanol–water partition coefficient (Wildman–Crippen LogP) is 4.81. The van der Waals surface area contributed by atoms with Gasteiger partial charge in [0.05, 0.1) is 25.1 Å². The first-order valence-corrected chi connectivity index (χ1v) is 14.9. The highest BCUT2D eigenvalue weighted by Crippen LogP contribution is 2.32. The summed E-state index contributed by atoms with van der Waals surface area (Å²) in [6.45, 7) is 6.68. The molecule has 39 heavy (non-hydrogen) atoms. The van der Waals surface area contributed by atoms with Gasteiger partial charge in [0, 0.05) is 23.7 Å². The molecule has 0 saturated carbocycles. The van der Waals surface area contributed by atoms with Crippen LogP contribution in [0.1, 0.15) is 56.5 Å². The van der Waals surface area contributed by atoms with Crippen molar-refractivity contribution in [1.29, 1.82) is 0 Å². The van der Waals surface area contributed by atoms with E-state index >= 15 is 0 Å². The van der Waals surface area contributed by atoms with Crippen LogP contribution < -0.4 is 10.2 Å². The Morgan fingerprint density at radius 1 is 1.10 bits per heavy atom. The number of hydrogen-bond acceptors (Lipinski definition) is 8. The van der Waals surface area contributed by atoms with Crippen molar-refractivity contribution in [3.63, 3.8) is 0 Å². The maximum absolute atomic E-state index is 12.4. The van der Waals surface area contributed by atoms with Gasteiger partial charge >= 0.3 is 6.09 Å². The van der Waals surface area contributed by atoms with E-state index in [9.17, 15) is 13.2 Å². The lowest BCUT2D eigenvalue weighted by Crippen LogP contribution is -2.35. The van der Waals surface area contributed by atoms with Gasteiger partial charge in [-0.25, -0.2) is 4.79 Å². The number of benzene rings is 2. The van der Waals surface area contributed by atoms with Crippen LogP contribution in [-0.4, -0.2) is 54.2 Å². The van der Waals surface area contributed by atoms with Crippen molar-refractivity contribution in [2.24, 2.45) is 0 Å². The number of anilines is 1. The zero-order chi connectivity index (χ0) is 28.2. The molecule has 1 saturated heterocycles. The summed E-state index contributed by atoms with van der Waals surface area (Å²) < 4.78 is 35.8. The Balaban J connectivity index is 1.66. The van der Waals surface area contributed by atoms with E-state index in [1.54, 1.807) is 39.0 Å². The molecule has 210 valence electrons. The van der Waals surface area contributed by atoms with Crippen LogP contribution in [0.2, 0.25) is 5.02 Å². The lowest BCUT2D eigenvalue weighted by atomic mass is 9.90. The van der Waals surface area contributed by atoms with Crippen LogP contribution in [0.3, 0.4) is 0 Å². The molecule has 0 aliphatic carbocycles.